The molecule has 1 heterocycles. The number of nitrogens with zero attached hydrogens (tertiary/aromatic N) is 1. The highest BCUT2D eigenvalue weighted by Gasteiger charge is 2.32. The molecule has 1 rings (SSSR count). The predicted molar refractivity (Wildman–Crippen MR) is 59.4 cm³/mol. The van der Waals surface area contributed by atoms with Crippen LogP contribution in [-0.2, 0) is 4.79 Å². The van der Waals surface area contributed by atoms with E-state index in [4.69, 9.17) is 0 Å². The van der Waals surface area contributed by atoms with E-state index in [1.807, 2.05) is 20.8 Å². The van der Waals surface area contributed by atoms with Gasteiger partial charge in [-0.1, -0.05) is 20.8 Å². The van der Waals surface area contributed by atoms with Gasteiger partial charge in [0.1, 0.15) is 5.67 Å². The number of carbonyl (C=O) groups excluding carboxylic acids is 1. The average molecular weight is 215 g/mol. The summed E-state index contributed by atoms with van der Waals surface area (Å²) in [7, 11) is 0. The zero-order valence-electron chi connectivity index (χ0n) is 10.3. The summed E-state index contributed by atoms with van der Waals surface area (Å²) >= 11 is 0. The quantitative estimate of drug-likeness (QED) is 0.658. The molecule has 3 heteroatoms. The molecule has 1 aliphatic heterocycles. The number of likely N-dealkylation sites (tertiary alicyclic amines) is 1. The molecule has 88 valence electrons. The van der Waals surface area contributed by atoms with E-state index in [1.54, 1.807) is 11.8 Å². The lowest BCUT2D eigenvalue weighted by Crippen LogP contribution is -2.44. The van der Waals surface area contributed by atoms with Gasteiger partial charge in [0.15, 0.2) is 0 Å². The summed E-state index contributed by atoms with van der Waals surface area (Å²) in [5.74, 6) is 0.165. The first kappa shape index (κ1) is 12.5. The second-order valence-electron chi connectivity index (χ2n) is 6.03. The molecular weight excluding hydrogens is 193 g/mol. The molecule has 1 saturated heterocycles. The van der Waals surface area contributed by atoms with Gasteiger partial charge in [0, 0.05) is 19.5 Å². The van der Waals surface area contributed by atoms with E-state index in [0.717, 1.165) is 0 Å². The first-order valence-electron chi connectivity index (χ1n) is 5.66. The lowest BCUT2D eigenvalue weighted by atomic mass is 9.90. The molecule has 0 saturated carbocycles. The van der Waals surface area contributed by atoms with Crippen LogP contribution in [0, 0.1) is 5.41 Å². The van der Waals surface area contributed by atoms with Gasteiger partial charge >= 0.3 is 0 Å². The second kappa shape index (κ2) is 4.11. The zero-order chi connectivity index (χ0) is 11.7. The second-order valence-corrected chi connectivity index (χ2v) is 6.03. The minimum Gasteiger partial charge on any atom is -0.342 e. The minimum absolute atomic E-state index is 0.0214. The molecule has 0 aromatic rings. The van der Waals surface area contributed by atoms with Crippen molar-refractivity contribution in [1.82, 2.24) is 4.90 Å². The van der Waals surface area contributed by atoms with Crippen LogP contribution >= 0.6 is 0 Å². The Morgan fingerprint density at radius 1 is 1.33 bits per heavy atom. The monoisotopic (exact) mass is 215 g/mol. The molecule has 2 nitrogen and oxygen atoms in total. The van der Waals surface area contributed by atoms with Crippen molar-refractivity contribution in [2.24, 2.45) is 5.41 Å². The molecular formula is C12H22FNO. The Hall–Kier alpha value is -0.600. The Kier molecular flexibility index (Phi) is 3.41. The molecule has 0 radical (unpaired) electrons. The van der Waals surface area contributed by atoms with Gasteiger partial charge in [0.05, 0.1) is 0 Å². The summed E-state index contributed by atoms with van der Waals surface area (Å²) in [5.41, 5.74) is -1.05. The van der Waals surface area contributed by atoms with Crippen LogP contribution < -0.4 is 0 Å². The fourth-order valence-electron chi connectivity index (χ4n) is 1.79. The van der Waals surface area contributed by atoms with Crippen LogP contribution in [0.1, 0.15) is 47.0 Å². The fraction of sp³-hybridized carbons (Fsp3) is 0.917. The number of rotatable bonds is 1. The Morgan fingerprint density at radius 3 is 2.20 bits per heavy atom. The van der Waals surface area contributed by atoms with Crippen LogP contribution in [-0.4, -0.2) is 29.6 Å². The van der Waals surface area contributed by atoms with Crippen LogP contribution in [0.15, 0.2) is 0 Å². The zero-order valence-corrected chi connectivity index (χ0v) is 10.3. The van der Waals surface area contributed by atoms with E-state index in [9.17, 15) is 9.18 Å². The Balaban J connectivity index is 2.44. The van der Waals surface area contributed by atoms with Crippen molar-refractivity contribution in [2.45, 2.75) is 52.6 Å². The van der Waals surface area contributed by atoms with Crippen molar-refractivity contribution >= 4 is 5.91 Å². The first-order valence-corrected chi connectivity index (χ1v) is 5.66. The van der Waals surface area contributed by atoms with E-state index in [1.165, 1.54) is 0 Å². The summed E-state index contributed by atoms with van der Waals surface area (Å²) in [6.07, 6.45) is 1.50. The Labute approximate surface area is 91.8 Å². The lowest BCUT2D eigenvalue weighted by molar-refractivity contribution is -0.135. The number of hydrogen-bond donors (Lipinski definition) is 0. The Bertz CT molecular complexity index is 232. The molecule has 0 aliphatic carbocycles. The van der Waals surface area contributed by atoms with Crippen molar-refractivity contribution in [2.75, 3.05) is 13.1 Å². The normalized spacial score (nSPS) is 21.5. The van der Waals surface area contributed by atoms with Gasteiger partial charge in [0.2, 0.25) is 5.91 Å². The van der Waals surface area contributed by atoms with Crippen LogP contribution in [0.5, 0.6) is 0 Å². The third-order valence-corrected chi connectivity index (χ3v) is 2.84. The van der Waals surface area contributed by atoms with Gasteiger partial charge in [-0.15, -0.1) is 0 Å². The van der Waals surface area contributed by atoms with Crippen LogP contribution in [0.4, 0.5) is 4.39 Å². The van der Waals surface area contributed by atoms with E-state index in [2.05, 4.69) is 0 Å². The highest BCUT2D eigenvalue weighted by Crippen LogP contribution is 2.27. The largest absolute Gasteiger partial charge is 0.342 e. The summed E-state index contributed by atoms with van der Waals surface area (Å²) in [5, 5.41) is 0. The predicted octanol–water partition coefficient (Wildman–Crippen LogP) is 2.77. The maximum absolute atomic E-state index is 13.5. The standard InChI is InChI=1S/C12H22FNO/c1-11(2,3)9-10(15)14-7-5-12(4,13)6-8-14/h5-9H2,1-4H3. The van der Waals surface area contributed by atoms with Crippen molar-refractivity contribution < 1.29 is 9.18 Å². The topological polar surface area (TPSA) is 20.3 Å². The van der Waals surface area contributed by atoms with Gasteiger partial charge in [-0.05, 0) is 25.2 Å². The molecule has 0 aromatic heterocycles. The van der Waals surface area contributed by atoms with Gasteiger partial charge < -0.3 is 4.90 Å². The van der Waals surface area contributed by atoms with Gasteiger partial charge in [0.25, 0.3) is 0 Å². The smallest absolute Gasteiger partial charge is 0.223 e. The van der Waals surface area contributed by atoms with Crippen LogP contribution in [0.25, 0.3) is 0 Å². The molecule has 0 bridgehead atoms. The van der Waals surface area contributed by atoms with Crippen molar-refractivity contribution in [3.05, 3.63) is 0 Å². The SMILES string of the molecule is CC(C)(C)CC(=O)N1CCC(C)(F)CC1. The summed E-state index contributed by atoms with van der Waals surface area (Å²) < 4.78 is 13.5. The molecule has 1 aliphatic rings. The molecule has 1 fully saturated rings. The van der Waals surface area contributed by atoms with Crippen LogP contribution in [0.3, 0.4) is 0 Å². The molecule has 0 unspecified atom stereocenters. The average Bonchev–Trinajstić information content (AvgIpc) is 2.00. The fourth-order valence-corrected chi connectivity index (χ4v) is 1.79. The van der Waals surface area contributed by atoms with E-state index < -0.39 is 5.67 Å². The van der Waals surface area contributed by atoms with Gasteiger partial charge in [-0.3, -0.25) is 4.79 Å². The number of carbonyl (C=O) groups is 1. The third-order valence-electron chi connectivity index (χ3n) is 2.84. The molecule has 15 heavy (non-hydrogen) atoms. The minimum atomic E-state index is -1.07. The Morgan fingerprint density at radius 2 is 1.80 bits per heavy atom. The maximum atomic E-state index is 13.5. The lowest BCUT2D eigenvalue weighted by Gasteiger charge is -2.35. The van der Waals surface area contributed by atoms with E-state index in [-0.39, 0.29) is 11.3 Å². The molecule has 0 aromatic carbocycles. The van der Waals surface area contributed by atoms with E-state index >= 15 is 0 Å². The molecule has 0 N–H and O–H groups in total. The molecule has 0 spiro atoms. The number of halogens is 1. The number of piperidine rings is 1. The number of alkyl halides is 1. The highest BCUT2D eigenvalue weighted by atomic mass is 19.1. The van der Waals surface area contributed by atoms with Crippen molar-refractivity contribution in [1.29, 1.82) is 0 Å². The highest BCUT2D eigenvalue weighted by molar-refractivity contribution is 5.76. The third kappa shape index (κ3) is 4.18. The summed E-state index contributed by atoms with van der Waals surface area (Å²) in [6.45, 7) is 8.92. The number of hydrogen-bond acceptors (Lipinski definition) is 1. The van der Waals surface area contributed by atoms with Crippen molar-refractivity contribution in [3.63, 3.8) is 0 Å². The van der Waals surface area contributed by atoms with Gasteiger partial charge in [-0.2, -0.15) is 0 Å². The number of amides is 1. The summed E-state index contributed by atoms with van der Waals surface area (Å²) in [6, 6.07) is 0. The van der Waals surface area contributed by atoms with Crippen LogP contribution in [0.2, 0.25) is 0 Å². The maximum Gasteiger partial charge on any atom is 0.223 e. The molecule has 0 atom stereocenters. The molecule has 1 amide bonds. The van der Waals surface area contributed by atoms with Gasteiger partial charge in [-0.25, -0.2) is 4.39 Å². The first-order chi connectivity index (χ1) is 6.70. The van der Waals surface area contributed by atoms with E-state index in [0.29, 0.717) is 32.4 Å². The summed E-state index contributed by atoms with van der Waals surface area (Å²) in [4.78, 5) is 13.6. The van der Waals surface area contributed by atoms with Crippen molar-refractivity contribution in [3.8, 4) is 0 Å².